The molecule has 2 aliphatic heterocycles. The average Bonchev–Trinajstić information content (AvgIpc) is 3.19. The zero-order valence-electron chi connectivity index (χ0n) is 12.1. The summed E-state index contributed by atoms with van der Waals surface area (Å²) in [4.78, 5) is 18.8. The van der Waals surface area contributed by atoms with E-state index < -0.39 is 5.92 Å². The van der Waals surface area contributed by atoms with Gasteiger partial charge in [0, 0.05) is 13.2 Å². The number of ketones is 1. The van der Waals surface area contributed by atoms with Crippen molar-refractivity contribution in [3.05, 3.63) is 29.3 Å². The molecule has 2 fully saturated rings. The van der Waals surface area contributed by atoms with Gasteiger partial charge in [0.15, 0.2) is 5.78 Å². The van der Waals surface area contributed by atoms with Crippen LogP contribution in [0.5, 0.6) is 0 Å². The normalized spacial score (nSPS) is 25.5. The third kappa shape index (κ3) is 2.32. The number of fused-ring (bicyclic) bond motifs is 1. The maximum Gasteiger partial charge on any atom is 0.169 e. The summed E-state index contributed by atoms with van der Waals surface area (Å²) in [5.41, 5.74) is 0.903. The molecule has 1 N–H and O–H groups in total. The van der Waals surface area contributed by atoms with Gasteiger partial charge >= 0.3 is 0 Å². The van der Waals surface area contributed by atoms with Crippen molar-refractivity contribution in [2.24, 2.45) is 0 Å². The van der Waals surface area contributed by atoms with E-state index in [1.165, 1.54) is 11.3 Å². The van der Waals surface area contributed by atoms with Crippen LogP contribution < -0.4 is 0 Å². The Labute approximate surface area is 132 Å². The minimum atomic E-state index is -0.501. The van der Waals surface area contributed by atoms with E-state index in [0.717, 1.165) is 34.7 Å². The molecule has 5 nitrogen and oxygen atoms in total. The number of benzene rings is 1. The number of ether oxygens (including phenoxy) is 1. The molecule has 2 aromatic rings. The van der Waals surface area contributed by atoms with Gasteiger partial charge in [-0.2, -0.15) is 0 Å². The monoisotopic (exact) mass is 315 g/mol. The molecule has 0 saturated carbocycles. The standard InChI is InChI=1S/C16H17N3O2S/c17-15-14(16-18-11-5-1-2-6-13(11)22-16)12(20)9-19(15)8-10-4-3-7-21-10/h1-2,5-6,10,14,17H,3-4,7-9H2. The van der Waals surface area contributed by atoms with Crippen LogP contribution in [0.15, 0.2) is 24.3 Å². The van der Waals surface area contributed by atoms with Crippen molar-refractivity contribution in [3.63, 3.8) is 0 Å². The van der Waals surface area contributed by atoms with Crippen molar-refractivity contribution in [1.82, 2.24) is 9.88 Å². The Balaban J connectivity index is 1.58. The molecule has 22 heavy (non-hydrogen) atoms. The fourth-order valence-electron chi connectivity index (χ4n) is 3.16. The molecule has 114 valence electrons. The number of Topliss-reactive ketones (excluding diaryl/α,β-unsaturated/α-hetero) is 1. The summed E-state index contributed by atoms with van der Waals surface area (Å²) in [6.07, 6.45) is 2.24. The first kappa shape index (κ1) is 13.8. The number of carbonyl (C=O) groups is 1. The van der Waals surface area contributed by atoms with Crippen molar-refractivity contribution in [1.29, 1.82) is 5.41 Å². The molecule has 2 atom stereocenters. The molecular formula is C16H17N3O2S. The smallest absolute Gasteiger partial charge is 0.169 e. The lowest BCUT2D eigenvalue weighted by Gasteiger charge is -2.21. The van der Waals surface area contributed by atoms with E-state index in [4.69, 9.17) is 10.1 Å². The Morgan fingerprint density at radius 1 is 1.41 bits per heavy atom. The second-order valence-electron chi connectivity index (χ2n) is 5.82. The molecule has 2 saturated heterocycles. The van der Waals surface area contributed by atoms with Crippen LogP contribution in [0.4, 0.5) is 0 Å². The van der Waals surface area contributed by atoms with Crippen molar-refractivity contribution in [2.45, 2.75) is 24.9 Å². The van der Waals surface area contributed by atoms with Crippen molar-refractivity contribution in [2.75, 3.05) is 19.7 Å². The summed E-state index contributed by atoms with van der Waals surface area (Å²) in [7, 11) is 0. The van der Waals surface area contributed by atoms with E-state index in [9.17, 15) is 4.79 Å². The Bertz CT molecular complexity index is 703. The predicted octanol–water partition coefficient (Wildman–Crippen LogP) is 2.42. The van der Waals surface area contributed by atoms with Crippen LogP contribution in [0, 0.1) is 5.41 Å². The number of hydrogen-bond donors (Lipinski definition) is 1. The van der Waals surface area contributed by atoms with Crippen LogP contribution in [-0.4, -0.2) is 47.3 Å². The highest BCUT2D eigenvalue weighted by Gasteiger charge is 2.40. The lowest BCUT2D eigenvalue weighted by molar-refractivity contribution is -0.117. The zero-order valence-corrected chi connectivity index (χ0v) is 12.9. The predicted molar refractivity (Wildman–Crippen MR) is 85.6 cm³/mol. The van der Waals surface area contributed by atoms with Gasteiger partial charge in [0.1, 0.15) is 16.8 Å². The number of rotatable bonds is 3. The van der Waals surface area contributed by atoms with E-state index in [2.05, 4.69) is 4.98 Å². The number of hydrogen-bond acceptors (Lipinski definition) is 5. The molecule has 0 amide bonds. The number of nitrogens with one attached hydrogen (secondary N) is 1. The van der Waals surface area contributed by atoms with Gasteiger partial charge in [0.05, 0.1) is 22.9 Å². The minimum absolute atomic E-state index is 0.0713. The first-order chi connectivity index (χ1) is 10.7. The fourth-order valence-corrected chi connectivity index (χ4v) is 4.26. The zero-order chi connectivity index (χ0) is 15.1. The highest BCUT2D eigenvalue weighted by molar-refractivity contribution is 7.18. The number of amidine groups is 1. The van der Waals surface area contributed by atoms with Crippen LogP contribution in [-0.2, 0) is 9.53 Å². The Kier molecular flexibility index (Phi) is 3.43. The van der Waals surface area contributed by atoms with E-state index in [-0.39, 0.29) is 11.9 Å². The van der Waals surface area contributed by atoms with Gasteiger partial charge in [-0.1, -0.05) is 12.1 Å². The van der Waals surface area contributed by atoms with Crippen LogP contribution in [0.2, 0.25) is 0 Å². The Hall–Kier alpha value is -1.79. The van der Waals surface area contributed by atoms with Crippen LogP contribution in [0.1, 0.15) is 23.8 Å². The van der Waals surface area contributed by atoms with E-state index in [1.54, 1.807) is 0 Å². The number of likely N-dealkylation sites (tertiary alicyclic amines) is 1. The van der Waals surface area contributed by atoms with Crippen LogP contribution in [0.25, 0.3) is 10.2 Å². The van der Waals surface area contributed by atoms with Crippen LogP contribution in [0.3, 0.4) is 0 Å². The molecule has 6 heteroatoms. The highest BCUT2D eigenvalue weighted by Crippen LogP contribution is 2.33. The molecule has 2 aliphatic rings. The Morgan fingerprint density at radius 2 is 2.27 bits per heavy atom. The van der Waals surface area contributed by atoms with Gasteiger partial charge in [-0.15, -0.1) is 11.3 Å². The molecule has 0 radical (unpaired) electrons. The largest absolute Gasteiger partial charge is 0.376 e. The number of para-hydroxylation sites is 1. The Morgan fingerprint density at radius 3 is 3.05 bits per heavy atom. The van der Waals surface area contributed by atoms with E-state index in [1.807, 2.05) is 29.2 Å². The third-order valence-corrected chi connectivity index (χ3v) is 5.39. The summed E-state index contributed by atoms with van der Waals surface area (Å²) < 4.78 is 6.69. The summed E-state index contributed by atoms with van der Waals surface area (Å²) in [6, 6.07) is 7.86. The highest BCUT2D eigenvalue weighted by atomic mass is 32.1. The molecule has 3 heterocycles. The van der Waals surface area contributed by atoms with Crippen LogP contribution >= 0.6 is 11.3 Å². The molecular weight excluding hydrogens is 298 g/mol. The molecule has 0 bridgehead atoms. The lowest BCUT2D eigenvalue weighted by atomic mass is 10.1. The van der Waals surface area contributed by atoms with Crippen molar-refractivity contribution < 1.29 is 9.53 Å². The molecule has 2 unspecified atom stereocenters. The number of aromatic nitrogens is 1. The van der Waals surface area contributed by atoms with Crippen molar-refractivity contribution >= 4 is 33.2 Å². The second-order valence-corrected chi connectivity index (χ2v) is 6.88. The quantitative estimate of drug-likeness (QED) is 0.944. The summed E-state index contributed by atoms with van der Waals surface area (Å²) in [5, 5.41) is 9.13. The fraction of sp³-hybridized carbons (Fsp3) is 0.438. The number of thiazole rings is 1. The topological polar surface area (TPSA) is 66.3 Å². The minimum Gasteiger partial charge on any atom is -0.376 e. The van der Waals surface area contributed by atoms with Gasteiger partial charge in [-0.3, -0.25) is 10.2 Å². The summed E-state index contributed by atoms with van der Waals surface area (Å²) >= 11 is 1.52. The molecule has 1 aromatic carbocycles. The molecule has 4 rings (SSSR count). The summed E-state index contributed by atoms with van der Waals surface area (Å²) in [6.45, 7) is 1.74. The SMILES string of the molecule is N=C1C(c2nc3ccccc3s2)C(=O)CN1CC1CCCO1. The first-order valence-electron chi connectivity index (χ1n) is 7.55. The van der Waals surface area contributed by atoms with Gasteiger partial charge in [-0.25, -0.2) is 4.98 Å². The third-order valence-electron chi connectivity index (χ3n) is 4.29. The number of carbonyl (C=O) groups excluding carboxylic acids is 1. The lowest BCUT2D eigenvalue weighted by Crippen LogP contribution is -2.34. The first-order valence-corrected chi connectivity index (χ1v) is 8.37. The van der Waals surface area contributed by atoms with E-state index >= 15 is 0 Å². The van der Waals surface area contributed by atoms with E-state index in [0.29, 0.717) is 18.9 Å². The maximum atomic E-state index is 12.4. The molecule has 0 aliphatic carbocycles. The second kappa shape index (κ2) is 5.44. The molecule has 0 spiro atoms. The van der Waals surface area contributed by atoms with Crippen molar-refractivity contribution in [3.8, 4) is 0 Å². The molecule has 1 aromatic heterocycles. The van der Waals surface area contributed by atoms with Gasteiger partial charge in [-0.05, 0) is 25.0 Å². The van der Waals surface area contributed by atoms with Gasteiger partial charge in [0.2, 0.25) is 0 Å². The summed E-state index contributed by atoms with van der Waals surface area (Å²) in [5.74, 6) is -0.0552. The number of nitrogens with zero attached hydrogens (tertiary/aromatic N) is 2. The van der Waals surface area contributed by atoms with Gasteiger partial charge in [0.25, 0.3) is 0 Å². The average molecular weight is 315 g/mol. The van der Waals surface area contributed by atoms with Gasteiger partial charge < -0.3 is 9.64 Å². The maximum absolute atomic E-state index is 12.4.